The number of phenolic OH excluding ortho intramolecular Hbond substituents is 1. The molecule has 0 aliphatic heterocycles. The molecule has 116 valence electrons. The first-order valence-corrected chi connectivity index (χ1v) is 8.77. The highest BCUT2D eigenvalue weighted by Gasteiger charge is 2.22. The maximum Gasteiger partial charge on any atom is 0.201 e. The Morgan fingerprint density at radius 3 is 2.41 bits per heavy atom. The van der Waals surface area contributed by atoms with Gasteiger partial charge in [-0.1, -0.05) is 30.3 Å². The molecule has 0 bridgehead atoms. The lowest BCUT2D eigenvalue weighted by atomic mass is 10.0. The van der Waals surface area contributed by atoms with E-state index in [9.17, 15) is 22.9 Å². The lowest BCUT2D eigenvalue weighted by Crippen LogP contribution is -2.07. The summed E-state index contributed by atoms with van der Waals surface area (Å²) in [5, 5.41) is 9.96. The van der Waals surface area contributed by atoms with Gasteiger partial charge < -0.3 is 14.4 Å². The van der Waals surface area contributed by atoms with Gasteiger partial charge in [-0.25, -0.2) is 8.42 Å². The van der Waals surface area contributed by atoms with Crippen molar-refractivity contribution in [2.45, 2.75) is 4.90 Å². The maximum atomic E-state index is 12.4. The van der Waals surface area contributed by atoms with Crippen LogP contribution in [0.4, 0.5) is 0 Å². The molecule has 1 unspecified atom stereocenters. The predicted octanol–water partition coefficient (Wildman–Crippen LogP) is 1.88. The van der Waals surface area contributed by atoms with Crippen molar-refractivity contribution in [3.05, 3.63) is 53.6 Å². The molecule has 0 aromatic heterocycles. The summed E-state index contributed by atoms with van der Waals surface area (Å²) in [6.07, 6.45) is 0. The first kappa shape index (κ1) is 16.2. The fraction of sp³-hybridized carbons (Fsp3) is 0.0714. The van der Waals surface area contributed by atoms with Gasteiger partial charge in [0.2, 0.25) is 8.77 Å². The molecule has 1 atom stereocenters. The molecule has 0 amide bonds. The molecular formula is C14H12O6S2. The minimum Gasteiger partial charge on any atom is -0.507 e. The minimum atomic E-state index is -3.97. The van der Waals surface area contributed by atoms with E-state index < -0.39 is 30.5 Å². The van der Waals surface area contributed by atoms with E-state index in [1.165, 1.54) is 7.11 Å². The highest BCUT2D eigenvalue weighted by molar-refractivity contribution is 8.32. The molecular weight excluding hydrogens is 328 g/mol. The average Bonchev–Trinajstić information content (AvgIpc) is 2.54. The van der Waals surface area contributed by atoms with E-state index in [2.05, 4.69) is 0 Å². The standard InChI is InChI=1S/C14H12O6S2/c1-20-12-8-11(15)10(7-13(12)22(18,19)21-17)14(16)9-5-3-2-4-6-9/h2-8,15H,1H3,(H,18,19). The largest absolute Gasteiger partial charge is 0.507 e. The van der Waals surface area contributed by atoms with E-state index in [-0.39, 0.29) is 16.2 Å². The smallest absolute Gasteiger partial charge is 0.201 e. The molecule has 0 saturated carbocycles. The number of ether oxygens (including phenoxy) is 1. The highest BCUT2D eigenvalue weighted by Crippen LogP contribution is 2.32. The van der Waals surface area contributed by atoms with Gasteiger partial charge in [-0.05, 0) is 6.07 Å². The zero-order chi connectivity index (χ0) is 16.3. The van der Waals surface area contributed by atoms with Crippen molar-refractivity contribution in [3.63, 3.8) is 0 Å². The van der Waals surface area contributed by atoms with Crippen LogP contribution in [0, 0.1) is 0 Å². The normalized spacial score (nSPS) is 13.2. The van der Waals surface area contributed by atoms with E-state index in [4.69, 9.17) is 4.74 Å². The van der Waals surface area contributed by atoms with E-state index in [1.54, 1.807) is 30.3 Å². The van der Waals surface area contributed by atoms with Crippen molar-refractivity contribution in [2.75, 3.05) is 7.11 Å². The molecule has 0 heterocycles. The third-order valence-corrected chi connectivity index (χ3v) is 5.08. The second kappa shape index (κ2) is 6.30. The number of hydrogen-bond acceptors (Lipinski definition) is 5. The zero-order valence-electron chi connectivity index (χ0n) is 11.4. The van der Waals surface area contributed by atoms with Crippen LogP contribution in [0.25, 0.3) is 0 Å². The molecule has 2 aromatic carbocycles. The van der Waals surface area contributed by atoms with Gasteiger partial charge >= 0.3 is 0 Å². The lowest BCUT2D eigenvalue weighted by molar-refractivity contribution is 0.103. The topological polar surface area (TPSA) is 101 Å². The summed E-state index contributed by atoms with van der Waals surface area (Å²) in [4.78, 5) is 12.0. The average molecular weight is 340 g/mol. The molecule has 8 heteroatoms. The van der Waals surface area contributed by atoms with Crippen molar-refractivity contribution < 1.29 is 27.6 Å². The van der Waals surface area contributed by atoms with Crippen LogP contribution in [0.15, 0.2) is 47.4 Å². The van der Waals surface area contributed by atoms with Crippen molar-refractivity contribution in [3.8, 4) is 11.5 Å². The molecule has 0 aliphatic rings. The van der Waals surface area contributed by atoms with Gasteiger partial charge in [-0.15, -0.1) is 0 Å². The number of rotatable bonds is 4. The summed E-state index contributed by atoms with van der Waals surface area (Å²) in [6.45, 7) is 0. The van der Waals surface area contributed by atoms with Crippen LogP contribution in [0.5, 0.6) is 11.5 Å². The van der Waals surface area contributed by atoms with Crippen molar-refractivity contribution in [1.29, 1.82) is 0 Å². The van der Waals surface area contributed by atoms with Crippen LogP contribution < -0.4 is 4.74 Å². The molecule has 0 aliphatic carbocycles. The summed E-state index contributed by atoms with van der Waals surface area (Å²) in [5.74, 6) is -1.08. The van der Waals surface area contributed by atoms with Crippen molar-refractivity contribution in [1.82, 2.24) is 0 Å². The molecule has 0 spiro atoms. The summed E-state index contributed by atoms with van der Waals surface area (Å²) >= 11 is 0. The van der Waals surface area contributed by atoms with E-state index in [1.807, 2.05) is 0 Å². The molecule has 22 heavy (non-hydrogen) atoms. The molecule has 0 fully saturated rings. The van der Waals surface area contributed by atoms with Gasteiger partial charge in [0.05, 0.1) is 12.7 Å². The Labute approximate surface area is 129 Å². The van der Waals surface area contributed by atoms with Gasteiger partial charge in [-0.3, -0.25) is 4.79 Å². The van der Waals surface area contributed by atoms with E-state index >= 15 is 0 Å². The Balaban J connectivity index is 2.69. The van der Waals surface area contributed by atoms with Gasteiger partial charge in [0, 0.05) is 11.6 Å². The lowest BCUT2D eigenvalue weighted by Gasteiger charge is -2.11. The number of ketones is 1. The Bertz CT molecular complexity index is 862. The first-order chi connectivity index (χ1) is 10.4. The fourth-order valence-corrected chi connectivity index (χ4v) is 3.22. The number of aromatic hydroxyl groups is 1. The van der Waals surface area contributed by atoms with Crippen LogP contribution in [0.1, 0.15) is 15.9 Å². The monoisotopic (exact) mass is 340 g/mol. The number of carbonyl (C=O) groups is 1. The Morgan fingerprint density at radius 1 is 1.23 bits per heavy atom. The quantitative estimate of drug-likeness (QED) is 0.824. The van der Waals surface area contributed by atoms with Crippen molar-refractivity contribution in [2.24, 2.45) is 0 Å². The third kappa shape index (κ3) is 3.03. The highest BCUT2D eigenvalue weighted by atomic mass is 32.9. The number of methoxy groups -OCH3 is 1. The SMILES string of the molecule is COc1cc(O)c(C(=O)c2ccccc2)cc1S(=O)(O)=S=O. The van der Waals surface area contributed by atoms with Crippen LogP contribution in [-0.4, -0.2) is 31.0 Å². The molecule has 6 nitrogen and oxygen atoms in total. The number of phenols is 1. The molecule has 2 rings (SSSR count). The predicted molar refractivity (Wildman–Crippen MR) is 81.7 cm³/mol. The number of hydrogen-bond donors (Lipinski definition) is 2. The van der Waals surface area contributed by atoms with Crippen molar-refractivity contribution >= 4 is 24.8 Å². The Morgan fingerprint density at radius 2 is 1.86 bits per heavy atom. The van der Waals surface area contributed by atoms with E-state index in [0.29, 0.717) is 5.56 Å². The second-order valence-electron chi connectivity index (χ2n) is 4.26. The summed E-state index contributed by atoms with van der Waals surface area (Å²) in [6, 6.07) is 10.2. The van der Waals surface area contributed by atoms with Crippen LogP contribution in [0.2, 0.25) is 0 Å². The zero-order valence-corrected chi connectivity index (χ0v) is 13.0. The Hall–Kier alpha value is -2.16. The summed E-state index contributed by atoms with van der Waals surface area (Å²) < 4.78 is 37.3. The maximum absolute atomic E-state index is 12.4. The van der Waals surface area contributed by atoms with E-state index in [0.717, 1.165) is 12.1 Å². The van der Waals surface area contributed by atoms with Gasteiger partial charge in [-0.2, -0.15) is 0 Å². The van der Waals surface area contributed by atoms with Gasteiger partial charge in [0.1, 0.15) is 16.4 Å². The minimum absolute atomic E-state index is 0.141. The molecule has 0 saturated heterocycles. The third-order valence-electron chi connectivity index (χ3n) is 2.93. The molecule has 2 N–H and O–H groups in total. The van der Waals surface area contributed by atoms with Crippen LogP contribution >= 0.6 is 0 Å². The summed E-state index contributed by atoms with van der Waals surface area (Å²) in [7, 11) is -3.26. The number of carbonyl (C=O) groups excluding carboxylic acids is 1. The molecule has 0 radical (unpaired) electrons. The second-order valence-corrected chi connectivity index (χ2v) is 7.55. The fourth-order valence-electron chi connectivity index (χ4n) is 1.87. The van der Waals surface area contributed by atoms with Crippen LogP contribution in [0.3, 0.4) is 0 Å². The van der Waals surface area contributed by atoms with Gasteiger partial charge in [0.25, 0.3) is 0 Å². The molecule has 2 aromatic rings. The van der Waals surface area contributed by atoms with Gasteiger partial charge in [0.15, 0.2) is 16.0 Å². The van der Waals surface area contributed by atoms with Crippen LogP contribution in [-0.2, 0) is 19.0 Å². The first-order valence-electron chi connectivity index (χ1n) is 5.99. The number of benzene rings is 2. The Kier molecular flexibility index (Phi) is 4.65. The summed E-state index contributed by atoms with van der Waals surface area (Å²) in [5.41, 5.74) is 0.117.